The van der Waals surface area contributed by atoms with Gasteiger partial charge in [-0.2, -0.15) is 13.2 Å². The first-order valence-corrected chi connectivity index (χ1v) is 5.35. The van der Waals surface area contributed by atoms with Crippen LogP contribution in [0.1, 0.15) is 26.2 Å². The van der Waals surface area contributed by atoms with Gasteiger partial charge in [-0.3, -0.25) is 4.79 Å². The van der Waals surface area contributed by atoms with E-state index in [9.17, 15) is 18.0 Å². The summed E-state index contributed by atoms with van der Waals surface area (Å²) < 4.78 is 46.3. The molecule has 4 nitrogen and oxygen atoms in total. The normalized spacial score (nSPS) is 13.6. The third kappa shape index (κ3) is 8.93. The first kappa shape index (κ1) is 16.2. The summed E-state index contributed by atoms with van der Waals surface area (Å²) in [5, 5.41) is 8.31. The van der Waals surface area contributed by atoms with Crippen molar-refractivity contribution in [2.45, 2.75) is 38.5 Å². The highest BCUT2D eigenvalue weighted by Gasteiger charge is 2.41. The van der Waals surface area contributed by atoms with Gasteiger partial charge in [-0.05, 0) is 6.42 Å². The molecule has 0 fully saturated rings. The molecule has 1 N–H and O–H groups in total. The van der Waals surface area contributed by atoms with E-state index >= 15 is 0 Å². The predicted molar refractivity (Wildman–Crippen MR) is 53.8 cm³/mol. The largest absolute Gasteiger partial charge is 0.481 e. The molecule has 102 valence electrons. The van der Waals surface area contributed by atoms with Crippen LogP contribution < -0.4 is 0 Å². The quantitative estimate of drug-likeness (QED) is 0.644. The maximum absolute atomic E-state index is 12.3. The molecule has 0 radical (unpaired) electrons. The van der Waals surface area contributed by atoms with Crippen molar-refractivity contribution in [2.24, 2.45) is 0 Å². The van der Waals surface area contributed by atoms with Crippen molar-refractivity contribution in [3.05, 3.63) is 0 Å². The Morgan fingerprint density at radius 2 is 1.94 bits per heavy atom. The van der Waals surface area contributed by atoms with Crippen molar-refractivity contribution >= 4 is 5.97 Å². The highest BCUT2D eigenvalue weighted by molar-refractivity contribution is 5.67. The van der Waals surface area contributed by atoms with E-state index in [1.165, 1.54) is 0 Å². The van der Waals surface area contributed by atoms with E-state index in [-0.39, 0.29) is 13.2 Å². The number of unbranched alkanes of at least 4 members (excludes halogenated alkanes) is 1. The molecule has 0 aromatic carbocycles. The van der Waals surface area contributed by atoms with Crippen LogP contribution in [0.15, 0.2) is 0 Å². The molecule has 0 aliphatic rings. The van der Waals surface area contributed by atoms with E-state index in [1.807, 2.05) is 6.92 Å². The Labute approximate surface area is 97.7 Å². The van der Waals surface area contributed by atoms with Crippen LogP contribution in [0, 0.1) is 0 Å². The number of halogens is 3. The molecule has 0 amide bonds. The second-order valence-electron chi connectivity index (χ2n) is 3.46. The van der Waals surface area contributed by atoms with Crippen LogP contribution in [-0.2, 0) is 14.3 Å². The van der Waals surface area contributed by atoms with E-state index in [0.29, 0.717) is 6.61 Å². The van der Waals surface area contributed by atoms with Gasteiger partial charge in [0, 0.05) is 6.61 Å². The van der Waals surface area contributed by atoms with Crippen LogP contribution in [-0.4, -0.2) is 43.2 Å². The molecule has 0 aromatic heterocycles. The van der Waals surface area contributed by atoms with Crippen molar-refractivity contribution in [1.29, 1.82) is 0 Å². The number of hydrogen-bond acceptors (Lipinski definition) is 3. The second kappa shape index (κ2) is 8.30. The fourth-order valence-electron chi connectivity index (χ4n) is 1.03. The molecular weight excluding hydrogens is 241 g/mol. The van der Waals surface area contributed by atoms with Gasteiger partial charge >= 0.3 is 12.1 Å². The number of alkyl halides is 3. The van der Waals surface area contributed by atoms with Crippen molar-refractivity contribution in [3.63, 3.8) is 0 Å². The zero-order valence-electron chi connectivity index (χ0n) is 9.63. The monoisotopic (exact) mass is 258 g/mol. The number of hydrogen-bond donors (Lipinski definition) is 1. The van der Waals surface area contributed by atoms with Gasteiger partial charge in [0.15, 0.2) is 6.10 Å². The standard InChI is InChI=1S/C10H17F3O4/c1-2-3-4-16-5-6-17-8(7-9(14)15)10(11,12)13/h8H,2-7H2,1H3,(H,14,15). The van der Waals surface area contributed by atoms with Gasteiger partial charge in [-0.25, -0.2) is 0 Å². The van der Waals surface area contributed by atoms with Gasteiger partial charge in [0.25, 0.3) is 0 Å². The number of carboxylic acids is 1. The molecule has 0 aromatic rings. The van der Waals surface area contributed by atoms with Crippen molar-refractivity contribution in [2.75, 3.05) is 19.8 Å². The SMILES string of the molecule is CCCCOCCOC(CC(=O)O)C(F)(F)F. The summed E-state index contributed by atoms with van der Waals surface area (Å²) in [4.78, 5) is 10.2. The third-order valence-electron chi connectivity index (χ3n) is 1.91. The molecule has 0 rings (SSSR count). The Hall–Kier alpha value is -0.820. The second-order valence-corrected chi connectivity index (χ2v) is 3.46. The van der Waals surface area contributed by atoms with Gasteiger partial charge < -0.3 is 14.6 Å². The van der Waals surface area contributed by atoms with E-state index in [1.54, 1.807) is 0 Å². The number of aliphatic carboxylic acids is 1. The fraction of sp³-hybridized carbons (Fsp3) is 0.900. The zero-order chi connectivity index (χ0) is 13.3. The van der Waals surface area contributed by atoms with Crippen molar-refractivity contribution in [1.82, 2.24) is 0 Å². The molecule has 0 aliphatic carbocycles. The number of carbonyl (C=O) groups is 1. The third-order valence-corrected chi connectivity index (χ3v) is 1.91. The lowest BCUT2D eigenvalue weighted by Gasteiger charge is -2.19. The zero-order valence-corrected chi connectivity index (χ0v) is 9.63. The van der Waals surface area contributed by atoms with Gasteiger partial charge in [-0.1, -0.05) is 13.3 Å². The molecule has 0 saturated heterocycles. The highest BCUT2D eigenvalue weighted by atomic mass is 19.4. The average Bonchev–Trinajstić information content (AvgIpc) is 2.19. The van der Waals surface area contributed by atoms with Gasteiger partial charge in [0.1, 0.15) is 0 Å². The Morgan fingerprint density at radius 3 is 2.41 bits per heavy atom. The molecule has 1 atom stereocenters. The lowest BCUT2D eigenvalue weighted by Crippen LogP contribution is -2.34. The summed E-state index contributed by atoms with van der Waals surface area (Å²) in [5.41, 5.74) is 0. The van der Waals surface area contributed by atoms with Crippen LogP contribution in [0.5, 0.6) is 0 Å². The fourth-order valence-corrected chi connectivity index (χ4v) is 1.03. The first-order chi connectivity index (χ1) is 7.88. The number of carboxylic acid groups (broad SMARTS) is 1. The van der Waals surface area contributed by atoms with Crippen LogP contribution in [0.3, 0.4) is 0 Å². The minimum absolute atomic E-state index is 0.0339. The molecule has 0 saturated carbocycles. The van der Waals surface area contributed by atoms with Gasteiger partial charge in [-0.15, -0.1) is 0 Å². The molecule has 7 heteroatoms. The number of ether oxygens (including phenoxy) is 2. The number of rotatable bonds is 9. The lowest BCUT2D eigenvalue weighted by atomic mass is 10.2. The van der Waals surface area contributed by atoms with Crippen LogP contribution >= 0.6 is 0 Å². The Morgan fingerprint density at radius 1 is 1.29 bits per heavy atom. The van der Waals surface area contributed by atoms with Crippen LogP contribution in [0.4, 0.5) is 13.2 Å². The Bertz CT molecular complexity index is 218. The minimum Gasteiger partial charge on any atom is -0.481 e. The van der Waals surface area contributed by atoms with E-state index in [0.717, 1.165) is 12.8 Å². The summed E-state index contributed by atoms with van der Waals surface area (Å²) in [5.74, 6) is -1.54. The maximum atomic E-state index is 12.3. The van der Waals surface area contributed by atoms with Crippen molar-refractivity contribution < 1.29 is 32.5 Å². The van der Waals surface area contributed by atoms with E-state index < -0.39 is 24.7 Å². The molecule has 0 bridgehead atoms. The summed E-state index contributed by atoms with van der Waals surface area (Å²) in [6.07, 6.45) is -6.25. The van der Waals surface area contributed by atoms with Gasteiger partial charge in [0.05, 0.1) is 19.6 Å². The Kier molecular flexibility index (Phi) is 7.90. The van der Waals surface area contributed by atoms with Crippen molar-refractivity contribution in [3.8, 4) is 0 Å². The van der Waals surface area contributed by atoms with Crippen LogP contribution in [0.2, 0.25) is 0 Å². The summed E-state index contributed by atoms with van der Waals surface area (Å²) in [6.45, 7) is 2.20. The van der Waals surface area contributed by atoms with E-state index in [4.69, 9.17) is 9.84 Å². The molecule has 17 heavy (non-hydrogen) atoms. The molecule has 0 aliphatic heterocycles. The summed E-state index contributed by atoms with van der Waals surface area (Å²) in [7, 11) is 0. The van der Waals surface area contributed by atoms with E-state index in [2.05, 4.69) is 4.74 Å². The summed E-state index contributed by atoms with van der Waals surface area (Å²) in [6, 6.07) is 0. The molecule has 1 unspecified atom stereocenters. The molecule has 0 heterocycles. The molecule has 0 spiro atoms. The Balaban J connectivity index is 3.81. The predicted octanol–water partition coefficient (Wildman–Crippen LogP) is 2.23. The topological polar surface area (TPSA) is 55.8 Å². The summed E-state index contributed by atoms with van der Waals surface area (Å²) >= 11 is 0. The maximum Gasteiger partial charge on any atom is 0.415 e. The first-order valence-electron chi connectivity index (χ1n) is 5.35. The average molecular weight is 258 g/mol. The highest BCUT2D eigenvalue weighted by Crippen LogP contribution is 2.25. The molecular formula is C10H17F3O4. The minimum atomic E-state index is -4.66. The lowest BCUT2D eigenvalue weighted by molar-refractivity contribution is -0.226. The van der Waals surface area contributed by atoms with Gasteiger partial charge in [0.2, 0.25) is 0 Å². The smallest absolute Gasteiger partial charge is 0.415 e. The van der Waals surface area contributed by atoms with Crippen LogP contribution in [0.25, 0.3) is 0 Å².